The van der Waals surface area contributed by atoms with E-state index in [9.17, 15) is 0 Å². The molecule has 3 heterocycles. The summed E-state index contributed by atoms with van der Waals surface area (Å²) < 4.78 is 17.1. The van der Waals surface area contributed by atoms with E-state index in [1.54, 1.807) is 7.11 Å². The molecule has 2 saturated heterocycles. The molecule has 5 nitrogen and oxygen atoms in total. The predicted molar refractivity (Wildman–Crippen MR) is 89.4 cm³/mol. The zero-order chi connectivity index (χ0) is 15.9. The van der Waals surface area contributed by atoms with Crippen LogP contribution in [0.15, 0.2) is 24.3 Å². The molecule has 1 aromatic carbocycles. The summed E-state index contributed by atoms with van der Waals surface area (Å²) in [4.78, 5) is 7.09. The molecule has 0 amide bonds. The summed E-state index contributed by atoms with van der Waals surface area (Å²) >= 11 is 0. The van der Waals surface area contributed by atoms with Gasteiger partial charge >= 0.3 is 0 Å². The number of anilines is 1. The third kappa shape index (κ3) is 2.54. The van der Waals surface area contributed by atoms with Gasteiger partial charge in [-0.05, 0) is 19.1 Å². The summed E-state index contributed by atoms with van der Waals surface area (Å²) in [6.45, 7) is 5.99. The number of ether oxygens (including phenoxy) is 3. The van der Waals surface area contributed by atoms with Gasteiger partial charge < -0.3 is 19.1 Å². The molecule has 23 heavy (non-hydrogen) atoms. The van der Waals surface area contributed by atoms with Gasteiger partial charge in [-0.3, -0.25) is 0 Å². The van der Waals surface area contributed by atoms with Crippen LogP contribution in [0.1, 0.15) is 12.1 Å². The van der Waals surface area contributed by atoms with Crippen molar-refractivity contribution in [2.45, 2.75) is 18.9 Å². The number of morpholine rings is 1. The second-order valence-electron chi connectivity index (χ2n) is 6.39. The monoisotopic (exact) mass is 314 g/mol. The highest BCUT2D eigenvalue weighted by molar-refractivity contribution is 5.95. The van der Waals surface area contributed by atoms with Gasteiger partial charge in [0, 0.05) is 42.9 Å². The molecule has 2 fully saturated rings. The van der Waals surface area contributed by atoms with E-state index in [0.29, 0.717) is 6.61 Å². The topological polar surface area (TPSA) is 43.8 Å². The lowest BCUT2D eigenvalue weighted by Crippen LogP contribution is -2.52. The quantitative estimate of drug-likeness (QED) is 0.852. The number of pyridine rings is 1. The van der Waals surface area contributed by atoms with Crippen LogP contribution in [0.4, 0.5) is 5.69 Å². The van der Waals surface area contributed by atoms with Crippen molar-refractivity contribution in [3.63, 3.8) is 0 Å². The maximum absolute atomic E-state index is 6.06. The number of benzene rings is 1. The molecule has 4 rings (SSSR count). The Bertz CT molecular complexity index is 726. The van der Waals surface area contributed by atoms with Crippen molar-refractivity contribution < 1.29 is 14.2 Å². The minimum atomic E-state index is -0.152. The second-order valence-corrected chi connectivity index (χ2v) is 6.39. The highest BCUT2D eigenvalue weighted by Gasteiger charge is 2.40. The van der Waals surface area contributed by atoms with Gasteiger partial charge in [0.15, 0.2) is 0 Å². The molecule has 1 spiro atoms. The molecule has 1 atom stereocenters. The minimum Gasteiger partial charge on any atom is -0.494 e. The van der Waals surface area contributed by atoms with E-state index in [0.717, 1.165) is 55.1 Å². The number of methoxy groups -OCH3 is 1. The van der Waals surface area contributed by atoms with Crippen molar-refractivity contribution in [1.82, 2.24) is 4.98 Å². The molecule has 122 valence electrons. The number of rotatable bonds is 2. The zero-order valence-electron chi connectivity index (χ0n) is 13.7. The van der Waals surface area contributed by atoms with Crippen LogP contribution in [-0.4, -0.2) is 50.6 Å². The molecule has 0 aliphatic carbocycles. The number of fused-ring (bicyclic) bond motifs is 1. The van der Waals surface area contributed by atoms with Gasteiger partial charge in [0.25, 0.3) is 0 Å². The molecule has 2 aliphatic rings. The molecule has 1 aromatic heterocycles. The van der Waals surface area contributed by atoms with E-state index in [4.69, 9.17) is 14.2 Å². The van der Waals surface area contributed by atoms with Crippen molar-refractivity contribution in [3.05, 3.63) is 30.0 Å². The summed E-state index contributed by atoms with van der Waals surface area (Å²) in [5, 5.41) is 1.13. The summed E-state index contributed by atoms with van der Waals surface area (Å²) in [6.07, 6.45) is 0.967. The molecule has 2 aromatic rings. The van der Waals surface area contributed by atoms with Gasteiger partial charge in [-0.25, -0.2) is 4.98 Å². The Morgan fingerprint density at radius 2 is 2.22 bits per heavy atom. The van der Waals surface area contributed by atoms with Crippen LogP contribution in [0.25, 0.3) is 10.9 Å². The number of hydrogen-bond donors (Lipinski definition) is 0. The highest BCUT2D eigenvalue weighted by Crippen LogP contribution is 2.36. The van der Waals surface area contributed by atoms with Gasteiger partial charge in [-0.1, -0.05) is 12.1 Å². The Morgan fingerprint density at radius 3 is 3.00 bits per heavy atom. The van der Waals surface area contributed by atoms with Crippen LogP contribution in [0.5, 0.6) is 5.75 Å². The Labute approximate surface area is 136 Å². The first-order chi connectivity index (χ1) is 11.2. The second kappa shape index (κ2) is 5.65. The van der Waals surface area contributed by atoms with E-state index in [1.807, 2.05) is 19.1 Å². The van der Waals surface area contributed by atoms with Gasteiger partial charge in [-0.15, -0.1) is 0 Å². The average Bonchev–Trinajstić information content (AvgIpc) is 3.01. The molecule has 5 heteroatoms. The van der Waals surface area contributed by atoms with E-state index in [1.165, 1.54) is 5.69 Å². The average molecular weight is 314 g/mol. The molecule has 1 unspecified atom stereocenters. The van der Waals surface area contributed by atoms with Crippen molar-refractivity contribution >= 4 is 16.6 Å². The number of nitrogens with zero attached hydrogens (tertiary/aromatic N) is 2. The first kappa shape index (κ1) is 14.7. The standard InChI is InChI=1S/C18H22N2O3/c1-13-10-15(14-4-3-5-16(21-2)17(14)19-13)20-7-9-23-18(11-20)6-8-22-12-18/h3-5,10H,6-9,11-12H2,1-2H3. The maximum atomic E-state index is 6.06. The Hall–Kier alpha value is -1.85. The summed E-state index contributed by atoms with van der Waals surface area (Å²) in [5.74, 6) is 0.819. The molecule has 2 aliphatic heterocycles. The van der Waals surface area contributed by atoms with Crippen LogP contribution < -0.4 is 9.64 Å². The Kier molecular flexibility index (Phi) is 3.62. The Morgan fingerprint density at radius 1 is 1.30 bits per heavy atom. The Balaban J connectivity index is 1.79. The lowest BCUT2D eigenvalue weighted by Gasteiger charge is -2.41. The molecular formula is C18H22N2O3. The fourth-order valence-corrected chi connectivity index (χ4v) is 3.63. The molecular weight excluding hydrogens is 292 g/mol. The van der Waals surface area contributed by atoms with Gasteiger partial charge in [0.05, 0.1) is 20.3 Å². The van der Waals surface area contributed by atoms with Crippen molar-refractivity contribution in [2.75, 3.05) is 44.9 Å². The van der Waals surface area contributed by atoms with Crippen molar-refractivity contribution in [1.29, 1.82) is 0 Å². The van der Waals surface area contributed by atoms with E-state index >= 15 is 0 Å². The molecule has 0 bridgehead atoms. The van der Waals surface area contributed by atoms with Gasteiger partial charge in [0.2, 0.25) is 0 Å². The van der Waals surface area contributed by atoms with Crippen LogP contribution in [0, 0.1) is 6.92 Å². The van der Waals surface area contributed by atoms with Crippen LogP contribution in [0.3, 0.4) is 0 Å². The van der Waals surface area contributed by atoms with E-state index in [-0.39, 0.29) is 5.60 Å². The first-order valence-corrected chi connectivity index (χ1v) is 8.12. The fraction of sp³-hybridized carbons (Fsp3) is 0.500. The van der Waals surface area contributed by atoms with Crippen LogP contribution in [-0.2, 0) is 9.47 Å². The number of aryl methyl sites for hydroxylation is 1. The van der Waals surface area contributed by atoms with E-state index < -0.39 is 0 Å². The summed E-state index contributed by atoms with van der Waals surface area (Å²) in [6, 6.07) is 8.27. The first-order valence-electron chi connectivity index (χ1n) is 8.12. The third-order valence-corrected chi connectivity index (χ3v) is 4.78. The lowest BCUT2D eigenvalue weighted by atomic mass is 9.99. The molecule has 0 radical (unpaired) electrons. The highest BCUT2D eigenvalue weighted by atomic mass is 16.6. The molecule has 0 N–H and O–H groups in total. The van der Waals surface area contributed by atoms with E-state index in [2.05, 4.69) is 22.0 Å². The lowest BCUT2D eigenvalue weighted by molar-refractivity contribution is -0.0578. The van der Waals surface area contributed by atoms with Gasteiger partial charge in [-0.2, -0.15) is 0 Å². The zero-order valence-corrected chi connectivity index (χ0v) is 13.7. The third-order valence-electron chi connectivity index (χ3n) is 4.78. The smallest absolute Gasteiger partial charge is 0.145 e. The predicted octanol–water partition coefficient (Wildman–Crippen LogP) is 2.55. The van der Waals surface area contributed by atoms with Crippen molar-refractivity contribution in [2.24, 2.45) is 0 Å². The molecule has 0 saturated carbocycles. The normalized spacial score (nSPS) is 24.5. The number of para-hydroxylation sites is 1. The largest absolute Gasteiger partial charge is 0.494 e. The number of hydrogen-bond acceptors (Lipinski definition) is 5. The van der Waals surface area contributed by atoms with Crippen LogP contribution >= 0.6 is 0 Å². The minimum absolute atomic E-state index is 0.152. The summed E-state index contributed by atoms with van der Waals surface area (Å²) in [7, 11) is 1.69. The fourth-order valence-electron chi connectivity index (χ4n) is 3.63. The maximum Gasteiger partial charge on any atom is 0.145 e. The SMILES string of the molecule is COc1cccc2c(N3CCOC4(CCOC4)C3)cc(C)nc12. The van der Waals surface area contributed by atoms with Crippen LogP contribution in [0.2, 0.25) is 0 Å². The van der Waals surface area contributed by atoms with Gasteiger partial charge in [0.1, 0.15) is 16.9 Å². The number of aromatic nitrogens is 1. The van der Waals surface area contributed by atoms with Crippen molar-refractivity contribution in [3.8, 4) is 5.75 Å². The summed E-state index contributed by atoms with van der Waals surface area (Å²) in [5.41, 5.74) is 2.98.